The molecule has 0 aliphatic carbocycles. The molecule has 0 saturated carbocycles. The van der Waals surface area contributed by atoms with Gasteiger partial charge in [-0.2, -0.15) is 0 Å². The number of carbonyl (C=O) groups excluding carboxylic acids is 3. The zero-order valence-electron chi connectivity index (χ0n) is 26.7. The van der Waals surface area contributed by atoms with E-state index in [-0.39, 0.29) is 49.1 Å². The predicted molar refractivity (Wildman–Crippen MR) is 176 cm³/mol. The van der Waals surface area contributed by atoms with Crippen LogP contribution in [0.3, 0.4) is 0 Å². The number of likely N-dealkylation sites (tertiary alicyclic amines) is 1. The molecule has 1 fully saturated rings. The lowest BCUT2D eigenvalue weighted by atomic mass is 9.93. The molecule has 0 aromatic heterocycles. The lowest BCUT2D eigenvalue weighted by Gasteiger charge is -2.24. The normalized spacial score (nSPS) is 16.1. The molecule has 244 valence electrons. The molecule has 7 nitrogen and oxygen atoms in total. The number of ketones is 1. The Labute approximate surface area is 273 Å². The molecule has 2 amide bonds. The molecule has 1 aliphatic rings. The Balaban J connectivity index is 1.34. The van der Waals surface area contributed by atoms with Crippen LogP contribution in [0.1, 0.15) is 56.0 Å². The first-order valence-corrected chi connectivity index (χ1v) is 15.6. The molecule has 0 radical (unpaired) electrons. The van der Waals surface area contributed by atoms with Gasteiger partial charge in [-0.1, -0.05) is 54.6 Å². The van der Waals surface area contributed by atoms with Gasteiger partial charge >= 0.3 is 12.2 Å². The van der Waals surface area contributed by atoms with Crippen LogP contribution in [0.4, 0.5) is 18.4 Å². The molecule has 0 bridgehead atoms. The van der Waals surface area contributed by atoms with Crippen molar-refractivity contribution in [3.8, 4) is 22.3 Å². The van der Waals surface area contributed by atoms with Crippen LogP contribution >= 0.6 is 0 Å². The molecule has 47 heavy (non-hydrogen) atoms. The third-order valence-electron chi connectivity index (χ3n) is 7.89. The van der Waals surface area contributed by atoms with E-state index in [1.54, 1.807) is 62.1 Å². The number of ether oxygens (including phenoxy) is 2. The fraction of sp³-hybridized carbons (Fsp3) is 0.289. The number of benzene rings is 4. The summed E-state index contributed by atoms with van der Waals surface area (Å²) >= 11 is 0. The molecule has 1 heterocycles. The number of carbonyl (C=O) groups is 3. The van der Waals surface area contributed by atoms with Gasteiger partial charge in [-0.3, -0.25) is 4.79 Å². The number of hydrogen-bond donors (Lipinski definition) is 1. The highest BCUT2D eigenvalue weighted by atomic mass is 19.1. The predicted octanol–water partition coefficient (Wildman–Crippen LogP) is 8.57. The van der Waals surface area contributed by atoms with Gasteiger partial charge in [0.15, 0.2) is 5.78 Å². The third-order valence-corrected chi connectivity index (χ3v) is 7.89. The number of rotatable bonds is 9. The first kappa shape index (κ1) is 33.3. The zero-order chi connectivity index (χ0) is 33.6. The number of hydrogen-bond acceptors (Lipinski definition) is 5. The van der Waals surface area contributed by atoms with Crippen molar-refractivity contribution in [2.75, 3.05) is 6.54 Å². The molecule has 1 saturated heterocycles. The van der Waals surface area contributed by atoms with E-state index in [0.29, 0.717) is 29.5 Å². The topological polar surface area (TPSA) is 84.9 Å². The Hall–Kier alpha value is -5.05. The Morgan fingerprint density at radius 3 is 1.94 bits per heavy atom. The standard InChI is InChI=1S/C38H38F2N2O5/c1-38(2,3)47-36(44)41-33-22-34(42(23-33)37(45)46-24-25-7-5-4-6-8-25)17-18-35(43)30-20-28(26-9-13-31(39)14-10-26)19-29(21-30)27-11-15-32(40)16-12-27/h4-16,19-21,33-34H,17-18,22-24H2,1-3H3,(H,41,44)/t33-,34+/m0/s1. The van der Waals surface area contributed by atoms with Gasteiger partial charge in [-0.15, -0.1) is 0 Å². The summed E-state index contributed by atoms with van der Waals surface area (Å²) in [5.74, 6) is -0.899. The molecule has 1 aliphatic heterocycles. The van der Waals surface area contributed by atoms with Crippen LogP contribution in [-0.2, 0) is 16.1 Å². The van der Waals surface area contributed by atoms with Gasteiger partial charge in [0.2, 0.25) is 0 Å². The van der Waals surface area contributed by atoms with Crippen molar-refractivity contribution < 1.29 is 32.6 Å². The minimum atomic E-state index is -0.683. The lowest BCUT2D eigenvalue weighted by Crippen LogP contribution is -2.41. The average Bonchev–Trinajstić information content (AvgIpc) is 3.44. The van der Waals surface area contributed by atoms with Crippen molar-refractivity contribution in [2.45, 2.75) is 64.3 Å². The molecule has 4 aromatic rings. The Kier molecular flexibility index (Phi) is 10.3. The van der Waals surface area contributed by atoms with Crippen molar-refractivity contribution >= 4 is 18.0 Å². The number of alkyl carbamates (subject to hydrolysis) is 1. The van der Waals surface area contributed by atoms with E-state index in [1.165, 1.54) is 24.3 Å². The van der Waals surface area contributed by atoms with E-state index in [4.69, 9.17) is 9.47 Å². The summed E-state index contributed by atoms with van der Waals surface area (Å²) in [6.07, 6.45) is -0.247. The van der Waals surface area contributed by atoms with Crippen molar-refractivity contribution in [1.82, 2.24) is 10.2 Å². The van der Waals surface area contributed by atoms with E-state index in [0.717, 1.165) is 16.7 Å². The van der Waals surface area contributed by atoms with Gasteiger partial charge in [-0.05, 0) is 104 Å². The summed E-state index contributed by atoms with van der Waals surface area (Å²) in [5.41, 5.74) is 3.47. The highest BCUT2D eigenvalue weighted by Crippen LogP contribution is 2.31. The minimum absolute atomic E-state index is 0.0916. The SMILES string of the molecule is CC(C)(C)OC(=O)N[C@H]1C[C@@H](CCC(=O)c2cc(-c3ccc(F)cc3)cc(-c3ccc(F)cc3)c2)N(C(=O)OCc2ccccc2)C1. The number of Topliss-reactive ketones (excluding diaryl/α,β-unsaturated/α-hetero) is 1. The van der Waals surface area contributed by atoms with Crippen molar-refractivity contribution in [1.29, 1.82) is 0 Å². The first-order valence-electron chi connectivity index (χ1n) is 15.6. The number of nitrogens with zero attached hydrogens (tertiary/aromatic N) is 1. The van der Waals surface area contributed by atoms with Gasteiger partial charge in [0, 0.05) is 24.6 Å². The van der Waals surface area contributed by atoms with Gasteiger partial charge in [-0.25, -0.2) is 18.4 Å². The van der Waals surface area contributed by atoms with Gasteiger partial charge in [0.1, 0.15) is 23.8 Å². The van der Waals surface area contributed by atoms with Gasteiger partial charge in [0.05, 0.1) is 6.04 Å². The van der Waals surface area contributed by atoms with E-state index in [2.05, 4.69) is 5.32 Å². The monoisotopic (exact) mass is 640 g/mol. The maximum Gasteiger partial charge on any atom is 0.410 e. The van der Waals surface area contributed by atoms with Crippen molar-refractivity contribution in [3.63, 3.8) is 0 Å². The molecule has 1 N–H and O–H groups in total. The minimum Gasteiger partial charge on any atom is -0.445 e. The maximum atomic E-state index is 13.7. The second-order valence-corrected chi connectivity index (χ2v) is 12.7. The second-order valence-electron chi connectivity index (χ2n) is 12.7. The number of halogens is 2. The first-order chi connectivity index (χ1) is 22.4. The largest absolute Gasteiger partial charge is 0.445 e. The summed E-state index contributed by atoms with van der Waals surface area (Å²) in [6.45, 7) is 5.62. The Morgan fingerprint density at radius 2 is 1.38 bits per heavy atom. The van der Waals surface area contributed by atoms with Crippen LogP contribution in [0.5, 0.6) is 0 Å². The molecular formula is C38H38F2N2O5. The number of amides is 2. The summed E-state index contributed by atoms with van der Waals surface area (Å²) in [7, 11) is 0. The zero-order valence-corrected chi connectivity index (χ0v) is 26.7. The van der Waals surface area contributed by atoms with Crippen molar-refractivity contribution in [3.05, 3.63) is 120 Å². The highest BCUT2D eigenvalue weighted by Gasteiger charge is 2.37. The van der Waals surface area contributed by atoms with E-state index < -0.39 is 17.8 Å². The summed E-state index contributed by atoms with van der Waals surface area (Å²) in [6, 6.07) is 26.0. The fourth-order valence-electron chi connectivity index (χ4n) is 5.64. The van der Waals surface area contributed by atoms with Crippen LogP contribution in [0.15, 0.2) is 97.1 Å². The van der Waals surface area contributed by atoms with Crippen molar-refractivity contribution in [2.24, 2.45) is 0 Å². The van der Waals surface area contributed by atoms with Gasteiger partial charge < -0.3 is 19.7 Å². The van der Waals surface area contributed by atoms with E-state index in [1.807, 2.05) is 36.4 Å². The molecule has 4 aromatic carbocycles. The third kappa shape index (κ3) is 9.25. The van der Waals surface area contributed by atoms with Crippen LogP contribution in [0.2, 0.25) is 0 Å². The Morgan fingerprint density at radius 1 is 0.809 bits per heavy atom. The highest BCUT2D eigenvalue weighted by molar-refractivity contribution is 5.99. The summed E-state index contributed by atoms with van der Waals surface area (Å²) < 4.78 is 38.4. The summed E-state index contributed by atoms with van der Waals surface area (Å²) in [5, 5.41) is 2.85. The fourth-order valence-corrected chi connectivity index (χ4v) is 5.64. The average molecular weight is 641 g/mol. The Bertz CT molecular complexity index is 1640. The molecule has 5 rings (SSSR count). The molecular weight excluding hydrogens is 602 g/mol. The van der Waals surface area contributed by atoms with Crippen LogP contribution in [0.25, 0.3) is 22.3 Å². The van der Waals surface area contributed by atoms with Crippen LogP contribution in [-0.4, -0.2) is 47.1 Å². The van der Waals surface area contributed by atoms with E-state index >= 15 is 0 Å². The molecule has 2 atom stereocenters. The lowest BCUT2D eigenvalue weighted by molar-refractivity contribution is 0.0502. The quantitative estimate of drug-likeness (QED) is 0.185. The molecule has 9 heteroatoms. The second kappa shape index (κ2) is 14.6. The van der Waals surface area contributed by atoms with E-state index in [9.17, 15) is 23.2 Å². The smallest absolute Gasteiger partial charge is 0.410 e. The summed E-state index contributed by atoms with van der Waals surface area (Å²) in [4.78, 5) is 41.1. The van der Waals surface area contributed by atoms with Crippen LogP contribution < -0.4 is 5.32 Å². The number of nitrogens with one attached hydrogen (secondary N) is 1. The maximum absolute atomic E-state index is 13.7. The van der Waals surface area contributed by atoms with Crippen LogP contribution in [0, 0.1) is 11.6 Å². The van der Waals surface area contributed by atoms with Gasteiger partial charge in [0.25, 0.3) is 0 Å². The molecule has 0 unspecified atom stereocenters. The molecule has 0 spiro atoms.